The van der Waals surface area contributed by atoms with Crippen molar-refractivity contribution >= 4 is 47.5 Å². The lowest BCUT2D eigenvalue weighted by Gasteiger charge is -2.16. The summed E-state index contributed by atoms with van der Waals surface area (Å²) in [5, 5.41) is 6.29. The topological polar surface area (TPSA) is 72.0 Å². The largest absolute Gasteiger partial charge is 0.469 e. The van der Waals surface area contributed by atoms with E-state index >= 15 is 0 Å². The van der Waals surface area contributed by atoms with Gasteiger partial charge in [-0.25, -0.2) is 0 Å². The number of esters is 1. The van der Waals surface area contributed by atoms with E-state index in [1.807, 2.05) is 0 Å². The molecule has 0 heterocycles. The molecule has 2 N–H and O–H groups in total. The van der Waals surface area contributed by atoms with Crippen LogP contribution in [-0.2, 0) is 16.1 Å². The molecule has 10 heteroatoms. The summed E-state index contributed by atoms with van der Waals surface area (Å²) in [6, 6.07) is 4.37. The summed E-state index contributed by atoms with van der Waals surface area (Å²) in [5.74, 6) is -0.285. The van der Waals surface area contributed by atoms with Gasteiger partial charge in [0.1, 0.15) is 5.75 Å². The van der Waals surface area contributed by atoms with Crippen LogP contribution in [0.3, 0.4) is 0 Å². The molecular weight excluding hydrogens is 471 g/mol. The van der Waals surface area contributed by atoms with Gasteiger partial charge in [-0.3, -0.25) is 9.79 Å². The summed E-state index contributed by atoms with van der Waals surface area (Å²) in [7, 11) is 2.86. The monoisotopic (exact) mass is 491 g/mol. The maximum Gasteiger partial charge on any atom is 0.387 e. The molecule has 0 aromatic heterocycles. The summed E-state index contributed by atoms with van der Waals surface area (Å²) in [6.07, 6.45) is 0. The van der Waals surface area contributed by atoms with Gasteiger partial charge in [0.05, 0.1) is 13.0 Å². The number of halogens is 4. The third-order valence-electron chi connectivity index (χ3n) is 3.09. The lowest BCUT2D eigenvalue weighted by Crippen LogP contribution is -2.40. The molecule has 1 rings (SSSR count). The fourth-order valence-corrected chi connectivity index (χ4v) is 2.03. The van der Waals surface area contributed by atoms with Gasteiger partial charge < -0.3 is 20.1 Å². The van der Waals surface area contributed by atoms with Crippen molar-refractivity contribution in [3.8, 4) is 5.75 Å². The second-order valence-electron chi connectivity index (χ2n) is 4.86. The van der Waals surface area contributed by atoms with E-state index in [2.05, 4.69) is 25.1 Å². The summed E-state index contributed by atoms with van der Waals surface area (Å²) in [6.45, 7) is -0.752. The van der Waals surface area contributed by atoms with E-state index < -0.39 is 6.61 Å². The fourth-order valence-electron chi connectivity index (χ4n) is 1.83. The minimum Gasteiger partial charge on any atom is -0.469 e. The zero-order chi connectivity index (χ0) is 18.1. The molecule has 0 bridgehead atoms. The number of nitrogens with zero attached hydrogens (tertiary/aromatic N) is 1. The number of rotatable bonds is 7. The predicted molar refractivity (Wildman–Crippen MR) is 103 cm³/mol. The first-order valence-corrected chi connectivity index (χ1v) is 7.50. The van der Waals surface area contributed by atoms with Crippen molar-refractivity contribution in [3.05, 3.63) is 28.8 Å². The van der Waals surface area contributed by atoms with Gasteiger partial charge in [-0.15, -0.1) is 24.0 Å². The zero-order valence-electron chi connectivity index (χ0n) is 14.0. The normalized spacial score (nSPS) is 12.2. The van der Waals surface area contributed by atoms with Gasteiger partial charge in [-0.1, -0.05) is 18.5 Å². The molecule has 1 atom stereocenters. The van der Waals surface area contributed by atoms with E-state index in [0.29, 0.717) is 23.1 Å². The van der Waals surface area contributed by atoms with Crippen molar-refractivity contribution in [2.75, 3.05) is 20.7 Å². The molecule has 0 saturated heterocycles. The molecule has 0 fully saturated rings. The van der Waals surface area contributed by atoms with Crippen LogP contribution in [-0.4, -0.2) is 39.2 Å². The molecule has 0 radical (unpaired) electrons. The SMILES string of the molecule is CN=C(NCc1cc(Cl)ccc1OC(F)F)NCC(C)C(=O)OC.I. The number of guanidine groups is 1. The van der Waals surface area contributed by atoms with Crippen LogP contribution in [0.15, 0.2) is 23.2 Å². The lowest BCUT2D eigenvalue weighted by molar-refractivity contribution is -0.144. The highest BCUT2D eigenvalue weighted by molar-refractivity contribution is 14.0. The molecule has 0 aliphatic heterocycles. The minimum absolute atomic E-state index is 0. The Morgan fingerprint density at radius 3 is 2.60 bits per heavy atom. The Labute approximate surface area is 167 Å². The van der Waals surface area contributed by atoms with Gasteiger partial charge >= 0.3 is 12.6 Å². The zero-order valence-corrected chi connectivity index (χ0v) is 17.1. The Kier molecular flexibility index (Phi) is 11.4. The highest BCUT2D eigenvalue weighted by atomic mass is 127. The first kappa shape index (κ1) is 23.6. The van der Waals surface area contributed by atoms with Crippen LogP contribution in [0, 0.1) is 5.92 Å². The summed E-state index contributed by atoms with van der Waals surface area (Å²) < 4.78 is 33.9. The van der Waals surface area contributed by atoms with E-state index in [1.165, 1.54) is 25.3 Å². The number of methoxy groups -OCH3 is 1. The Morgan fingerprint density at radius 1 is 1.36 bits per heavy atom. The molecule has 1 unspecified atom stereocenters. The summed E-state index contributed by atoms with van der Waals surface area (Å²) in [5.41, 5.74) is 0.451. The van der Waals surface area contributed by atoms with Crippen molar-refractivity contribution in [1.29, 1.82) is 0 Å². The third kappa shape index (κ3) is 8.52. The molecule has 0 amide bonds. The number of alkyl halides is 2. The van der Waals surface area contributed by atoms with Crippen LogP contribution in [0.2, 0.25) is 5.02 Å². The number of hydrogen-bond donors (Lipinski definition) is 2. The van der Waals surface area contributed by atoms with E-state index in [9.17, 15) is 13.6 Å². The van der Waals surface area contributed by atoms with E-state index in [0.717, 1.165) is 0 Å². The van der Waals surface area contributed by atoms with Gasteiger partial charge in [-0.2, -0.15) is 8.78 Å². The van der Waals surface area contributed by atoms with Crippen LogP contribution in [0.4, 0.5) is 8.78 Å². The maximum atomic E-state index is 12.4. The van der Waals surface area contributed by atoms with E-state index in [-0.39, 0.29) is 48.2 Å². The lowest BCUT2D eigenvalue weighted by atomic mass is 10.2. The van der Waals surface area contributed by atoms with Crippen LogP contribution in [0.1, 0.15) is 12.5 Å². The molecule has 0 aliphatic rings. The van der Waals surface area contributed by atoms with Crippen LogP contribution in [0.25, 0.3) is 0 Å². The van der Waals surface area contributed by atoms with E-state index in [4.69, 9.17) is 11.6 Å². The van der Waals surface area contributed by atoms with Gasteiger partial charge in [0.15, 0.2) is 5.96 Å². The highest BCUT2D eigenvalue weighted by Crippen LogP contribution is 2.24. The molecule has 142 valence electrons. The molecule has 0 spiro atoms. The van der Waals surface area contributed by atoms with Crippen LogP contribution in [0.5, 0.6) is 5.75 Å². The van der Waals surface area contributed by atoms with Crippen molar-refractivity contribution in [2.24, 2.45) is 10.9 Å². The van der Waals surface area contributed by atoms with Gasteiger partial charge in [0.2, 0.25) is 0 Å². The first-order chi connectivity index (χ1) is 11.4. The third-order valence-corrected chi connectivity index (χ3v) is 3.32. The Bertz CT molecular complexity index is 591. The summed E-state index contributed by atoms with van der Waals surface area (Å²) in [4.78, 5) is 15.3. The van der Waals surface area contributed by atoms with Crippen LogP contribution >= 0.6 is 35.6 Å². The number of aliphatic imine (C=N–C) groups is 1. The number of nitrogens with one attached hydrogen (secondary N) is 2. The molecule has 0 aliphatic carbocycles. The van der Waals surface area contributed by atoms with Crippen molar-refractivity contribution < 1.29 is 23.0 Å². The number of hydrogen-bond acceptors (Lipinski definition) is 4. The average molecular weight is 492 g/mol. The van der Waals surface area contributed by atoms with Crippen molar-refractivity contribution in [2.45, 2.75) is 20.1 Å². The second-order valence-corrected chi connectivity index (χ2v) is 5.30. The molecule has 25 heavy (non-hydrogen) atoms. The number of carbonyl (C=O) groups excluding carboxylic acids is 1. The Balaban J connectivity index is 0.00000576. The molecule has 1 aromatic rings. The van der Waals surface area contributed by atoms with Crippen molar-refractivity contribution in [3.63, 3.8) is 0 Å². The maximum absolute atomic E-state index is 12.4. The number of benzene rings is 1. The number of ether oxygens (including phenoxy) is 2. The molecule has 6 nitrogen and oxygen atoms in total. The first-order valence-electron chi connectivity index (χ1n) is 7.13. The average Bonchev–Trinajstić information content (AvgIpc) is 2.55. The van der Waals surface area contributed by atoms with Gasteiger partial charge in [0, 0.05) is 30.7 Å². The van der Waals surface area contributed by atoms with Gasteiger partial charge in [0.25, 0.3) is 0 Å². The van der Waals surface area contributed by atoms with Crippen molar-refractivity contribution in [1.82, 2.24) is 10.6 Å². The minimum atomic E-state index is -2.93. The fraction of sp³-hybridized carbons (Fsp3) is 0.467. The molecular formula is C15H21ClF2IN3O3. The Hall–Kier alpha value is -1.36. The van der Waals surface area contributed by atoms with E-state index in [1.54, 1.807) is 14.0 Å². The predicted octanol–water partition coefficient (Wildman–Crippen LogP) is 3.03. The Morgan fingerprint density at radius 2 is 2.04 bits per heavy atom. The standard InChI is InChI=1S/C15H20ClF2N3O3.HI/c1-9(13(22)23-3)7-20-15(19-2)21-8-10-6-11(16)4-5-12(10)24-14(17)18;/h4-6,9,14H,7-8H2,1-3H3,(H2,19,20,21);1H. The smallest absolute Gasteiger partial charge is 0.387 e. The summed E-state index contributed by atoms with van der Waals surface area (Å²) >= 11 is 5.89. The molecule has 0 saturated carbocycles. The highest BCUT2D eigenvalue weighted by Gasteiger charge is 2.14. The second kappa shape index (κ2) is 12.1. The number of carbonyl (C=O) groups is 1. The quantitative estimate of drug-likeness (QED) is 0.266. The van der Waals surface area contributed by atoms with Gasteiger partial charge in [-0.05, 0) is 18.2 Å². The van der Waals surface area contributed by atoms with Crippen LogP contribution < -0.4 is 15.4 Å². The molecule has 1 aromatic carbocycles.